The molecule has 3 rings (SSSR count). The average molecular weight is 281 g/mol. The van der Waals surface area contributed by atoms with Gasteiger partial charge in [0.15, 0.2) is 0 Å². The molecule has 0 atom stereocenters. The Balaban J connectivity index is 2.13. The van der Waals surface area contributed by atoms with E-state index in [4.69, 9.17) is 10.5 Å². The molecule has 0 fully saturated rings. The zero-order valence-electron chi connectivity index (χ0n) is 11.8. The Bertz CT molecular complexity index is 798. The Morgan fingerprint density at radius 3 is 2.48 bits per heavy atom. The van der Waals surface area contributed by atoms with Gasteiger partial charge < -0.3 is 10.5 Å². The van der Waals surface area contributed by atoms with Gasteiger partial charge in [-0.15, -0.1) is 0 Å². The molecule has 0 amide bonds. The van der Waals surface area contributed by atoms with Gasteiger partial charge in [0, 0.05) is 12.1 Å². The van der Waals surface area contributed by atoms with E-state index in [-0.39, 0.29) is 5.82 Å². The molecular formula is C18H16FNO. The Morgan fingerprint density at radius 2 is 1.71 bits per heavy atom. The Hall–Kier alpha value is -2.39. The lowest BCUT2D eigenvalue weighted by molar-refractivity contribution is 0.415. The SMILES string of the molecule is COc1ccc2cc(-c3cc(CN)ccc3F)ccc2c1. The Morgan fingerprint density at radius 1 is 0.952 bits per heavy atom. The second kappa shape index (κ2) is 5.54. The number of ether oxygens (including phenoxy) is 1. The first kappa shape index (κ1) is 13.6. The lowest BCUT2D eigenvalue weighted by atomic mass is 9.99. The number of hydrogen-bond acceptors (Lipinski definition) is 2. The predicted molar refractivity (Wildman–Crippen MR) is 83.8 cm³/mol. The second-order valence-electron chi connectivity index (χ2n) is 4.95. The monoisotopic (exact) mass is 281 g/mol. The minimum Gasteiger partial charge on any atom is -0.497 e. The van der Waals surface area contributed by atoms with Gasteiger partial charge >= 0.3 is 0 Å². The maximum atomic E-state index is 14.0. The van der Waals surface area contributed by atoms with Crippen LogP contribution in [0.4, 0.5) is 4.39 Å². The molecule has 0 saturated heterocycles. The zero-order chi connectivity index (χ0) is 14.8. The molecule has 0 saturated carbocycles. The summed E-state index contributed by atoms with van der Waals surface area (Å²) in [6.45, 7) is 0.401. The van der Waals surface area contributed by atoms with Crippen LogP contribution in [0, 0.1) is 5.82 Å². The molecule has 0 aliphatic rings. The highest BCUT2D eigenvalue weighted by Gasteiger charge is 2.07. The molecule has 3 aromatic rings. The average Bonchev–Trinajstić information content (AvgIpc) is 2.54. The summed E-state index contributed by atoms with van der Waals surface area (Å²) >= 11 is 0. The molecule has 0 heterocycles. The van der Waals surface area contributed by atoms with Crippen molar-refractivity contribution in [1.29, 1.82) is 0 Å². The Kier molecular flexibility index (Phi) is 3.59. The molecule has 2 nitrogen and oxygen atoms in total. The number of benzene rings is 3. The molecule has 3 aromatic carbocycles. The summed E-state index contributed by atoms with van der Waals surface area (Å²) in [5, 5.41) is 2.11. The van der Waals surface area contributed by atoms with Gasteiger partial charge in [-0.3, -0.25) is 0 Å². The van der Waals surface area contributed by atoms with Gasteiger partial charge in [-0.05, 0) is 52.2 Å². The smallest absolute Gasteiger partial charge is 0.131 e. The van der Waals surface area contributed by atoms with Crippen LogP contribution in [-0.4, -0.2) is 7.11 Å². The van der Waals surface area contributed by atoms with Crippen LogP contribution in [0.3, 0.4) is 0 Å². The van der Waals surface area contributed by atoms with Gasteiger partial charge in [0.1, 0.15) is 11.6 Å². The summed E-state index contributed by atoms with van der Waals surface area (Å²) < 4.78 is 19.3. The van der Waals surface area contributed by atoms with Crippen molar-refractivity contribution in [2.75, 3.05) is 7.11 Å². The van der Waals surface area contributed by atoms with Crippen molar-refractivity contribution in [2.45, 2.75) is 6.54 Å². The number of nitrogens with two attached hydrogens (primary N) is 1. The highest BCUT2D eigenvalue weighted by Crippen LogP contribution is 2.29. The molecule has 0 aliphatic carbocycles. The normalized spacial score (nSPS) is 10.8. The maximum Gasteiger partial charge on any atom is 0.131 e. The van der Waals surface area contributed by atoms with Crippen LogP contribution in [0.25, 0.3) is 21.9 Å². The highest BCUT2D eigenvalue weighted by molar-refractivity contribution is 5.88. The third-order valence-corrected chi connectivity index (χ3v) is 3.62. The quantitative estimate of drug-likeness (QED) is 0.784. The van der Waals surface area contributed by atoms with E-state index < -0.39 is 0 Å². The third kappa shape index (κ3) is 2.60. The first-order valence-corrected chi connectivity index (χ1v) is 6.78. The fourth-order valence-electron chi connectivity index (χ4n) is 2.44. The van der Waals surface area contributed by atoms with Crippen molar-refractivity contribution in [3.8, 4) is 16.9 Å². The van der Waals surface area contributed by atoms with Crippen LogP contribution in [-0.2, 0) is 6.54 Å². The fourth-order valence-corrected chi connectivity index (χ4v) is 2.44. The first-order valence-electron chi connectivity index (χ1n) is 6.78. The van der Waals surface area contributed by atoms with Crippen LogP contribution < -0.4 is 10.5 Å². The molecule has 0 unspecified atom stereocenters. The van der Waals surface area contributed by atoms with Crippen LogP contribution in [0.2, 0.25) is 0 Å². The zero-order valence-corrected chi connectivity index (χ0v) is 11.8. The summed E-state index contributed by atoms with van der Waals surface area (Å²) in [7, 11) is 1.64. The van der Waals surface area contributed by atoms with Crippen LogP contribution in [0.15, 0.2) is 54.6 Å². The minimum atomic E-state index is -0.236. The summed E-state index contributed by atoms with van der Waals surface area (Å²) in [5.41, 5.74) is 7.98. The first-order chi connectivity index (χ1) is 10.2. The van der Waals surface area contributed by atoms with Gasteiger partial charge in [-0.1, -0.05) is 24.3 Å². The lowest BCUT2D eigenvalue weighted by Gasteiger charge is -2.08. The van der Waals surface area contributed by atoms with Crippen LogP contribution >= 0.6 is 0 Å². The van der Waals surface area contributed by atoms with E-state index in [1.165, 1.54) is 6.07 Å². The van der Waals surface area contributed by atoms with Crippen LogP contribution in [0.1, 0.15) is 5.56 Å². The largest absolute Gasteiger partial charge is 0.497 e. The van der Waals surface area contributed by atoms with Crippen molar-refractivity contribution < 1.29 is 9.13 Å². The number of fused-ring (bicyclic) bond motifs is 1. The van der Waals surface area contributed by atoms with E-state index in [1.807, 2.05) is 36.4 Å². The molecule has 0 aromatic heterocycles. The Labute approximate surface area is 123 Å². The molecular weight excluding hydrogens is 265 g/mol. The van der Waals surface area contributed by atoms with E-state index in [1.54, 1.807) is 19.2 Å². The van der Waals surface area contributed by atoms with E-state index in [2.05, 4.69) is 0 Å². The van der Waals surface area contributed by atoms with E-state index >= 15 is 0 Å². The van der Waals surface area contributed by atoms with Crippen molar-refractivity contribution in [3.05, 3.63) is 66.0 Å². The molecule has 106 valence electrons. The number of rotatable bonds is 3. The highest BCUT2D eigenvalue weighted by atomic mass is 19.1. The van der Waals surface area contributed by atoms with Crippen molar-refractivity contribution in [2.24, 2.45) is 5.73 Å². The van der Waals surface area contributed by atoms with E-state index in [0.29, 0.717) is 12.1 Å². The molecule has 2 N–H and O–H groups in total. The van der Waals surface area contributed by atoms with Gasteiger partial charge in [-0.25, -0.2) is 4.39 Å². The lowest BCUT2D eigenvalue weighted by Crippen LogP contribution is -1.97. The van der Waals surface area contributed by atoms with Gasteiger partial charge in [0.25, 0.3) is 0 Å². The summed E-state index contributed by atoms with van der Waals surface area (Å²) in [6, 6.07) is 16.7. The predicted octanol–water partition coefficient (Wildman–Crippen LogP) is 4.11. The molecule has 0 spiro atoms. The second-order valence-corrected chi connectivity index (χ2v) is 4.95. The standard InChI is InChI=1S/C18H16FNO/c1-21-16-6-5-13-9-15(4-3-14(13)10-16)17-8-12(11-20)2-7-18(17)19/h2-10H,11,20H2,1H3. The van der Waals surface area contributed by atoms with Gasteiger partial charge in [0.2, 0.25) is 0 Å². The third-order valence-electron chi connectivity index (χ3n) is 3.62. The fraction of sp³-hybridized carbons (Fsp3) is 0.111. The summed E-state index contributed by atoms with van der Waals surface area (Å²) in [6.07, 6.45) is 0. The molecule has 0 radical (unpaired) electrons. The van der Waals surface area contributed by atoms with Crippen molar-refractivity contribution in [1.82, 2.24) is 0 Å². The van der Waals surface area contributed by atoms with E-state index in [9.17, 15) is 4.39 Å². The summed E-state index contributed by atoms with van der Waals surface area (Å²) in [4.78, 5) is 0. The van der Waals surface area contributed by atoms with Crippen molar-refractivity contribution in [3.63, 3.8) is 0 Å². The number of hydrogen-bond donors (Lipinski definition) is 1. The molecule has 21 heavy (non-hydrogen) atoms. The number of methoxy groups -OCH3 is 1. The van der Waals surface area contributed by atoms with Gasteiger partial charge in [-0.2, -0.15) is 0 Å². The minimum absolute atomic E-state index is 0.236. The molecule has 0 bridgehead atoms. The van der Waals surface area contributed by atoms with Gasteiger partial charge in [0.05, 0.1) is 7.11 Å². The summed E-state index contributed by atoms with van der Waals surface area (Å²) in [5.74, 6) is 0.576. The van der Waals surface area contributed by atoms with Crippen molar-refractivity contribution >= 4 is 10.8 Å². The molecule has 3 heteroatoms. The van der Waals surface area contributed by atoms with E-state index in [0.717, 1.165) is 27.6 Å². The topological polar surface area (TPSA) is 35.2 Å². The molecule has 0 aliphatic heterocycles. The number of halogens is 1. The maximum absolute atomic E-state index is 14.0. The van der Waals surface area contributed by atoms with Crippen LogP contribution in [0.5, 0.6) is 5.75 Å².